The summed E-state index contributed by atoms with van der Waals surface area (Å²) >= 11 is 0. The quantitative estimate of drug-likeness (QED) is 0.671. The Hall–Kier alpha value is -2.04. The molecule has 4 rings (SSSR count). The van der Waals surface area contributed by atoms with E-state index in [4.69, 9.17) is 4.74 Å². The van der Waals surface area contributed by atoms with E-state index in [2.05, 4.69) is 16.7 Å². The van der Waals surface area contributed by atoms with Gasteiger partial charge in [-0.1, -0.05) is 18.2 Å². The maximum Gasteiger partial charge on any atom is 0.132 e. The van der Waals surface area contributed by atoms with Crippen molar-refractivity contribution in [2.45, 2.75) is 31.7 Å². The zero-order chi connectivity index (χ0) is 15.6. The zero-order valence-corrected chi connectivity index (χ0v) is 12.9. The lowest BCUT2D eigenvalue weighted by molar-refractivity contribution is -0.111. The number of aryl methyl sites for hydroxylation is 1. The van der Waals surface area contributed by atoms with Crippen LogP contribution < -0.4 is 4.74 Å². The second kappa shape index (κ2) is 4.24. The summed E-state index contributed by atoms with van der Waals surface area (Å²) in [6.07, 6.45) is -1.94. The van der Waals surface area contributed by atoms with Crippen LogP contribution >= 0.6 is 0 Å². The van der Waals surface area contributed by atoms with E-state index in [9.17, 15) is 10.2 Å². The van der Waals surface area contributed by atoms with Gasteiger partial charge in [-0.3, -0.25) is 0 Å². The predicted molar refractivity (Wildman–Crippen MR) is 86.1 cm³/mol. The number of hydrogen-bond donors (Lipinski definition) is 2. The predicted octanol–water partition coefficient (Wildman–Crippen LogP) is 2.90. The van der Waals surface area contributed by atoms with Crippen LogP contribution in [0.25, 0.3) is 21.8 Å². The van der Waals surface area contributed by atoms with Gasteiger partial charge in [0.2, 0.25) is 0 Å². The fraction of sp³-hybridized carbons (Fsp3) is 0.333. The first-order valence-electron chi connectivity index (χ1n) is 7.47. The summed E-state index contributed by atoms with van der Waals surface area (Å²) in [5.74, 6) is 0.640. The van der Waals surface area contributed by atoms with E-state index >= 15 is 0 Å². The molecule has 0 fully saturated rings. The molecule has 0 aliphatic carbocycles. The van der Waals surface area contributed by atoms with Crippen LogP contribution in [-0.2, 0) is 7.05 Å². The van der Waals surface area contributed by atoms with Crippen LogP contribution in [0.5, 0.6) is 5.75 Å². The number of benzene rings is 2. The van der Waals surface area contributed by atoms with E-state index in [0.717, 1.165) is 21.8 Å². The lowest BCUT2D eigenvalue weighted by Crippen LogP contribution is -2.48. The van der Waals surface area contributed by atoms with Gasteiger partial charge in [0.25, 0.3) is 0 Å². The van der Waals surface area contributed by atoms with Gasteiger partial charge in [-0.05, 0) is 32.0 Å². The zero-order valence-electron chi connectivity index (χ0n) is 12.9. The number of aliphatic hydroxyl groups is 2. The van der Waals surface area contributed by atoms with Gasteiger partial charge in [-0.2, -0.15) is 0 Å². The van der Waals surface area contributed by atoms with Crippen LogP contribution in [0.1, 0.15) is 25.5 Å². The summed E-state index contributed by atoms with van der Waals surface area (Å²) < 4.78 is 7.99. The standard InChI is InChI=1S/C18H19NO3/c1-18(2)17(21)16(20)14-13(22-18)9-8-11-10-6-4-5-7-12(10)19(3)15(11)14/h4-9,16-17,20-21H,1-3H3/t16-,17-/m0/s1. The molecule has 1 aromatic heterocycles. The highest BCUT2D eigenvalue weighted by Crippen LogP contribution is 2.45. The second-order valence-corrected chi connectivity index (χ2v) is 6.54. The summed E-state index contributed by atoms with van der Waals surface area (Å²) in [4.78, 5) is 0. The first kappa shape index (κ1) is 13.6. The van der Waals surface area contributed by atoms with Gasteiger partial charge < -0.3 is 19.5 Å². The smallest absolute Gasteiger partial charge is 0.132 e. The van der Waals surface area contributed by atoms with Gasteiger partial charge in [0.05, 0.1) is 5.52 Å². The molecular formula is C18H19NO3. The average Bonchev–Trinajstić information content (AvgIpc) is 2.78. The second-order valence-electron chi connectivity index (χ2n) is 6.54. The molecule has 2 heterocycles. The van der Waals surface area contributed by atoms with E-state index in [1.165, 1.54) is 0 Å². The number of para-hydroxylation sites is 1. The highest BCUT2D eigenvalue weighted by molar-refractivity contribution is 6.09. The Labute approximate surface area is 128 Å². The number of fused-ring (bicyclic) bond motifs is 5. The Morgan fingerprint density at radius 3 is 2.55 bits per heavy atom. The van der Waals surface area contributed by atoms with Gasteiger partial charge in [-0.25, -0.2) is 0 Å². The van der Waals surface area contributed by atoms with Crippen molar-refractivity contribution >= 4 is 21.8 Å². The highest BCUT2D eigenvalue weighted by Gasteiger charge is 2.43. The summed E-state index contributed by atoms with van der Waals surface area (Å²) in [6.45, 7) is 3.57. The third kappa shape index (κ3) is 1.59. The molecule has 4 nitrogen and oxygen atoms in total. The first-order chi connectivity index (χ1) is 10.4. The number of ether oxygens (including phenoxy) is 1. The van der Waals surface area contributed by atoms with Gasteiger partial charge in [-0.15, -0.1) is 0 Å². The molecule has 4 heteroatoms. The van der Waals surface area contributed by atoms with E-state index < -0.39 is 17.8 Å². The Bertz CT molecular complexity index is 894. The van der Waals surface area contributed by atoms with E-state index in [-0.39, 0.29) is 0 Å². The molecule has 2 N–H and O–H groups in total. The summed E-state index contributed by atoms with van der Waals surface area (Å²) in [5, 5.41) is 23.3. The molecule has 0 spiro atoms. The van der Waals surface area contributed by atoms with Crippen LogP contribution in [0.3, 0.4) is 0 Å². The van der Waals surface area contributed by atoms with Gasteiger partial charge >= 0.3 is 0 Å². The van der Waals surface area contributed by atoms with Gasteiger partial charge in [0.15, 0.2) is 0 Å². The molecule has 114 valence electrons. The normalized spacial score (nSPS) is 23.5. The van der Waals surface area contributed by atoms with Crippen molar-refractivity contribution in [1.82, 2.24) is 4.57 Å². The minimum absolute atomic E-state index is 0.640. The molecule has 2 aromatic carbocycles. The van der Waals surface area contributed by atoms with Crippen molar-refractivity contribution in [2.24, 2.45) is 7.05 Å². The molecule has 0 unspecified atom stereocenters. The molecule has 3 aromatic rings. The third-order valence-corrected chi connectivity index (χ3v) is 4.75. The van der Waals surface area contributed by atoms with Crippen LogP contribution in [0, 0.1) is 0 Å². The van der Waals surface area contributed by atoms with Crippen LogP contribution in [0.15, 0.2) is 36.4 Å². The Morgan fingerprint density at radius 2 is 1.77 bits per heavy atom. The molecule has 0 amide bonds. The molecule has 0 bridgehead atoms. The molecule has 0 saturated heterocycles. The van der Waals surface area contributed by atoms with Crippen LogP contribution in [0.2, 0.25) is 0 Å². The van der Waals surface area contributed by atoms with Crippen LogP contribution in [0.4, 0.5) is 0 Å². The average molecular weight is 297 g/mol. The minimum atomic E-state index is -0.969. The summed E-state index contributed by atoms with van der Waals surface area (Å²) in [7, 11) is 1.98. The van der Waals surface area contributed by atoms with Crippen molar-refractivity contribution in [1.29, 1.82) is 0 Å². The monoisotopic (exact) mass is 297 g/mol. The topological polar surface area (TPSA) is 54.6 Å². The first-order valence-corrected chi connectivity index (χ1v) is 7.47. The van der Waals surface area contributed by atoms with Crippen molar-refractivity contribution in [3.8, 4) is 5.75 Å². The lowest BCUT2D eigenvalue weighted by atomic mass is 9.87. The molecule has 0 saturated carbocycles. The molecule has 1 aliphatic rings. The SMILES string of the molecule is Cn1c2ccccc2c2ccc3c(c21)[C@H](O)[C@H](O)C(C)(C)O3. The van der Waals surface area contributed by atoms with Gasteiger partial charge in [0.1, 0.15) is 23.6 Å². The molecular weight excluding hydrogens is 278 g/mol. The van der Waals surface area contributed by atoms with E-state index in [1.54, 1.807) is 13.8 Å². The Balaban J connectivity index is 2.13. The molecule has 2 atom stereocenters. The number of aliphatic hydroxyl groups excluding tert-OH is 2. The number of nitrogens with zero attached hydrogens (tertiary/aromatic N) is 1. The summed E-state index contributed by atoms with van der Waals surface area (Å²) in [6, 6.07) is 12.0. The van der Waals surface area contributed by atoms with Crippen molar-refractivity contribution in [3.05, 3.63) is 42.0 Å². The van der Waals surface area contributed by atoms with Crippen molar-refractivity contribution in [3.63, 3.8) is 0 Å². The lowest BCUT2D eigenvalue weighted by Gasteiger charge is -2.40. The van der Waals surface area contributed by atoms with E-state index in [1.807, 2.05) is 31.3 Å². The highest BCUT2D eigenvalue weighted by atomic mass is 16.5. The molecule has 0 radical (unpaired) electrons. The molecule has 22 heavy (non-hydrogen) atoms. The third-order valence-electron chi connectivity index (χ3n) is 4.75. The Kier molecular flexibility index (Phi) is 2.63. The van der Waals surface area contributed by atoms with Crippen molar-refractivity contribution < 1.29 is 14.9 Å². The fourth-order valence-electron chi connectivity index (χ4n) is 3.54. The molecule has 1 aliphatic heterocycles. The summed E-state index contributed by atoms with van der Waals surface area (Å²) in [5.41, 5.74) is 1.87. The fourth-order valence-corrected chi connectivity index (χ4v) is 3.54. The maximum atomic E-state index is 10.7. The number of rotatable bonds is 0. The largest absolute Gasteiger partial charge is 0.485 e. The van der Waals surface area contributed by atoms with Gasteiger partial charge in [0, 0.05) is 28.9 Å². The minimum Gasteiger partial charge on any atom is -0.485 e. The number of aromatic nitrogens is 1. The maximum absolute atomic E-state index is 10.7. The van der Waals surface area contributed by atoms with Crippen molar-refractivity contribution in [2.75, 3.05) is 0 Å². The number of hydrogen-bond acceptors (Lipinski definition) is 3. The van der Waals surface area contributed by atoms with E-state index in [0.29, 0.717) is 11.3 Å². The Morgan fingerprint density at radius 1 is 1.05 bits per heavy atom. The van der Waals surface area contributed by atoms with Crippen LogP contribution in [-0.4, -0.2) is 26.5 Å².